The van der Waals surface area contributed by atoms with Gasteiger partial charge in [-0.3, -0.25) is 0 Å². The lowest BCUT2D eigenvalue weighted by Crippen LogP contribution is -2.03. The van der Waals surface area contributed by atoms with Gasteiger partial charge in [-0.1, -0.05) is 18.2 Å². The molecular formula is C11H11N3O. The van der Waals surface area contributed by atoms with Crippen molar-refractivity contribution in [2.24, 2.45) is 5.73 Å². The molecule has 0 aliphatic rings. The summed E-state index contributed by atoms with van der Waals surface area (Å²) in [7, 11) is 0. The molecule has 0 saturated carbocycles. The molecule has 2 aromatic rings. The normalized spacial score (nSPS) is 9.93. The zero-order valence-electron chi connectivity index (χ0n) is 8.13. The van der Waals surface area contributed by atoms with E-state index in [1.54, 1.807) is 12.3 Å². The number of ether oxygens (including phenoxy) is 1. The van der Waals surface area contributed by atoms with Crippen molar-refractivity contribution in [3.05, 3.63) is 48.4 Å². The van der Waals surface area contributed by atoms with Gasteiger partial charge < -0.3 is 10.5 Å². The van der Waals surface area contributed by atoms with Gasteiger partial charge in [0.05, 0.1) is 6.54 Å². The third-order valence-electron chi connectivity index (χ3n) is 1.83. The number of aromatic nitrogens is 2. The molecule has 1 aromatic carbocycles. The van der Waals surface area contributed by atoms with Gasteiger partial charge in [0.25, 0.3) is 0 Å². The average Bonchev–Trinajstić information content (AvgIpc) is 2.31. The van der Waals surface area contributed by atoms with E-state index in [0.29, 0.717) is 18.2 Å². The second kappa shape index (κ2) is 4.52. The molecule has 0 amide bonds. The van der Waals surface area contributed by atoms with Crippen LogP contribution in [0.2, 0.25) is 0 Å². The Labute approximate surface area is 87.7 Å². The molecule has 0 aliphatic heterocycles. The molecule has 0 unspecified atom stereocenters. The SMILES string of the molecule is NCc1nccc(Oc2ccccc2)n1. The summed E-state index contributed by atoms with van der Waals surface area (Å²) < 4.78 is 5.51. The van der Waals surface area contributed by atoms with E-state index in [1.165, 1.54) is 0 Å². The first kappa shape index (κ1) is 9.61. The Hall–Kier alpha value is -1.94. The van der Waals surface area contributed by atoms with Crippen molar-refractivity contribution in [2.45, 2.75) is 6.54 Å². The zero-order valence-corrected chi connectivity index (χ0v) is 8.13. The van der Waals surface area contributed by atoms with Gasteiger partial charge in [-0.25, -0.2) is 4.98 Å². The molecule has 4 heteroatoms. The molecule has 2 rings (SSSR count). The first-order valence-electron chi connectivity index (χ1n) is 4.63. The number of benzene rings is 1. The zero-order chi connectivity index (χ0) is 10.5. The molecule has 2 N–H and O–H groups in total. The Morgan fingerprint density at radius 2 is 1.93 bits per heavy atom. The van der Waals surface area contributed by atoms with Crippen LogP contribution in [0.15, 0.2) is 42.6 Å². The highest BCUT2D eigenvalue weighted by Gasteiger charge is 1.99. The number of para-hydroxylation sites is 1. The molecule has 0 spiro atoms. The van der Waals surface area contributed by atoms with E-state index in [0.717, 1.165) is 5.75 Å². The van der Waals surface area contributed by atoms with E-state index in [2.05, 4.69) is 9.97 Å². The number of nitrogens with two attached hydrogens (primary N) is 1. The Kier molecular flexibility index (Phi) is 2.90. The van der Waals surface area contributed by atoms with Gasteiger partial charge in [-0.15, -0.1) is 0 Å². The second-order valence-electron chi connectivity index (χ2n) is 2.93. The number of rotatable bonds is 3. The Morgan fingerprint density at radius 1 is 1.13 bits per heavy atom. The van der Waals surface area contributed by atoms with Crippen molar-refractivity contribution in [2.75, 3.05) is 0 Å². The van der Waals surface area contributed by atoms with Gasteiger partial charge in [0.1, 0.15) is 11.6 Å². The number of nitrogens with zero attached hydrogens (tertiary/aromatic N) is 2. The van der Waals surface area contributed by atoms with Crippen LogP contribution < -0.4 is 10.5 Å². The predicted octanol–water partition coefficient (Wildman–Crippen LogP) is 1.73. The van der Waals surface area contributed by atoms with Gasteiger partial charge in [-0.2, -0.15) is 4.98 Å². The number of hydrogen-bond donors (Lipinski definition) is 1. The number of hydrogen-bond acceptors (Lipinski definition) is 4. The molecule has 0 fully saturated rings. The topological polar surface area (TPSA) is 61.0 Å². The highest BCUT2D eigenvalue weighted by Crippen LogP contribution is 2.17. The van der Waals surface area contributed by atoms with E-state index >= 15 is 0 Å². The Bertz CT molecular complexity index is 431. The summed E-state index contributed by atoms with van der Waals surface area (Å²) in [6, 6.07) is 11.2. The Balaban J connectivity index is 2.17. The smallest absolute Gasteiger partial charge is 0.222 e. The summed E-state index contributed by atoms with van der Waals surface area (Å²) in [6.07, 6.45) is 1.63. The fourth-order valence-corrected chi connectivity index (χ4v) is 1.14. The van der Waals surface area contributed by atoms with Crippen LogP contribution in [0.3, 0.4) is 0 Å². The molecule has 0 aliphatic carbocycles. The third-order valence-corrected chi connectivity index (χ3v) is 1.83. The summed E-state index contributed by atoms with van der Waals surface area (Å²) >= 11 is 0. The maximum Gasteiger partial charge on any atom is 0.222 e. The van der Waals surface area contributed by atoms with Gasteiger partial charge >= 0.3 is 0 Å². The molecule has 1 aromatic heterocycles. The summed E-state index contributed by atoms with van der Waals surface area (Å²) in [5, 5.41) is 0. The second-order valence-corrected chi connectivity index (χ2v) is 2.93. The molecule has 76 valence electrons. The standard InChI is InChI=1S/C11H11N3O/c12-8-10-13-7-6-11(14-10)15-9-4-2-1-3-5-9/h1-7H,8,12H2. The summed E-state index contributed by atoms with van der Waals surface area (Å²) in [4.78, 5) is 8.11. The first-order chi connectivity index (χ1) is 7.38. The molecule has 0 atom stereocenters. The van der Waals surface area contributed by atoms with Crippen molar-refractivity contribution in [1.82, 2.24) is 9.97 Å². The van der Waals surface area contributed by atoms with Crippen LogP contribution in [-0.2, 0) is 6.54 Å². The largest absolute Gasteiger partial charge is 0.439 e. The fraction of sp³-hybridized carbons (Fsp3) is 0.0909. The van der Waals surface area contributed by atoms with Gasteiger partial charge in [0.15, 0.2) is 0 Å². The van der Waals surface area contributed by atoms with E-state index in [1.807, 2.05) is 30.3 Å². The lowest BCUT2D eigenvalue weighted by molar-refractivity contribution is 0.458. The average molecular weight is 201 g/mol. The monoisotopic (exact) mass is 201 g/mol. The van der Waals surface area contributed by atoms with Crippen LogP contribution in [0, 0.1) is 0 Å². The van der Waals surface area contributed by atoms with Crippen molar-refractivity contribution < 1.29 is 4.74 Å². The summed E-state index contributed by atoms with van der Waals surface area (Å²) in [5.41, 5.74) is 5.43. The van der Waals surface area contributed by atoms with Crippen LogP contribution in [-0.4, -0.2) is 9.97 Å². The van der Waals surface area contributed by atoms with E-state index in [9.17, 15) is 0 Å². The summed E-state index contributed by atoms with van der Waals surface area (Å²) in [6.45, 7) is 0.311. The van der Waals surface area contributed by atoms with Crippen molar-refractivity contribution >= 4 is 0 Å². The van der Waals surface area contributed by atoms with Crippen LogP contribution in [0.5, 0.6) is 11.6 Å². The molecule has 1 heterocycles. The quantitative estimate of drug-likeness (QED) is 0.821. The minimum absolute atomic E-state index is 0.311. The maximum atomic E-state index is 5.51. The summed E-state index contributed by atoms with van der Waals surface area (Å²) in [5.74, 6) is 1.83. The van der Waals surface area contributed by atoms with Gasteiger partial charge in [-0.05, 0) is 12.1 Å². The van der Waals surface area contributed by atoms with E-state index in [-0.39, 0.29) is 0 Å². The lowest BCUT2D eigenvalue weighted by Gasteiger charge is -2.04. The van der Waals surface area contributed by atoms with Gasteiger partial charge in [0.2, 0.25) is 5.88 Å². The van der Waals surface area contributed by atoms with Gasteiger partial charge in [0, 0.05) is 12.3 Å². The van der Waals surface area contributed by atoms with Crippen LogP contribution in [0.25, 0.3) is 0 Å². The van der Waals surface area contributed by atoms with Crippen molar-refractivity contribution in [3.63, 3.8) is 0 Å². The minimum Gasteiger partial charge on any atom is -0.439 e. The first-order valence-corrected chi connectivity index (χ1v) is 4.63. The Morgan fingerprint density at radius 3 is 2.67 bits per heavy atom. The molecule has 0 radical (unpaired) electrons. The highest BCUT2D eigenvalue weighted by atomic mass is 16.5. The van der Waals surface area contributed by atoms with Crippen LogP contribution in [0.4, 0.5) is 0 Å². The highest BCUT2D eigenvalue weighted by molar-refractivity contribution is 5.25. The molecule has 0 saturated heterocycles. The van der Waals surface area contributed by atoms with E-state index < -0.39 is 0 Å². The third kappa shape index (κ3) is 2.51. The molecule has 15 heavy (non-hydrogen) atoms. The maximum absolute atomic E-state index is 5.51. The van der Waals surface area contributed by atoms with Crippen LogP contribution >= 0.6 is 0 Å². The molecular weight excluding hydrogens is 190 g/mol. The predicted molar refractivity (Wildman–Crippen MR) is 56.4 cm³/mol. The molecule has 0 bridgehead atoms. The molecule has 4 nitrogen and oxygen atoms in total. The van der Waals surface area contributed by atoms with E-state index in [4.69, 9.17) is 10.5 Å². The van der Waals surface area contributed by atoms with Crippen LogP contribution in [0.1, 0.15) is 5.82 Å². The van der Waals surface area contributed by atoms with Crippen molar-refractivity contribution in [1.29, 1.82) is 0 Å². The fourth-order valence-electron chi connectivity index (χ4n) is 1.14. The lowest BCUT2D eigenvalue weighted by atomic mass is 10.3. The minimum atomic E-state index is 0.311. The van der Waals surface area contributed by atoms with Crippen molar-refractivity contribution in [3.8, 4) is 11.6 Å².